The third kappa shape index (κ3) is 6.08. The minimum absolute atomic E-state index is 0.0402. The predicted molar refractivity (Wildman–Crippen MR) is 273 cm³/mol. The van der Waals surface area contributed by atoms with Crippen molar-refractivity contribution in [3.05, 3.63) is 243 Å². The summed E-state index contributed by atoms with van der Waals surface area (Å²) in [5.74, 6) is 0. The fourth-order valence-electron chi connectivity index (χ4n) is 10.3. The van der Waals surface area contributed by atoms with Gasteiger partial charge in [0.25, 0.3) is 6.71 Å². The van der Waals surface area contributed by atoms with Gasteiger partial charge in [-0.2, -0.15) is 0 Å². The molecule has 3 heterocycles. The van der Waals surface area contributed by atoms with Crippen molar-refractivity contribution in [3.63, 3.8) is 0 Å². The van der Waals surface area contributed by atoms with Crippen LogP contribution in [0.4, 0.5) is 51.2 Å². The molecule has 0 radical (unpaired) electrons. The molecule has 5 heteroatoms. The van der Waals surface area contributed by atoms with Crippen LogP contribution in [-0.4, -0.2) is 6.71 Å². The molecule has 0 unspecified atom stereocenters. The minimum Gasteiger partial charge on any atom is -0.456 e. The summed E-state index contributed by atoms with van der Waals surface area (Å²) < 4.78 is 6.39. The summed E-state index contributed by atoms with van der Waals surface area (Å²) in [5, 5.41) is 2.20. The fraction of sp³-hybridized carbons (Fsp3) is 0. The highest BCUT2D eigenvalue weighted by molar-refractivity contribution is 7.00. The van der Waals surface area contributed by atoms with Gasteiger partial charge < -0.3 is 19.1 Å². The van der Waals surface area contributed by atoms with Crippen LogP contribution in [0.15, 0.2) is 247 Å². The van der Waals surface area contributed by atoms with E-state index in [4.69, 9.17) is 4.42 Å². The Kier molecular flexibility index (Phi) is 8.60. The Morgan fingerprint density at radius 1 is 0.323 bits per heavy atom. The van der Waals surface area contributed by atoms with Crippen LogP contribution in [0.5, 0.6) is 0 Å². The Morgan fingerprint density at radius 3 is 1.51 bits per heavy atom. The van der Waals surface area contributed by atoms with E-state index in [0.717, 1.165) is 61.8 Å². The summed E-state index contributed by atoms with van der Waals surface area (Å²) in [4.78, 5) is 7.34. The summed E-state index contributed by atoms with van der Waals surface area (Å²) in [5.41, 5.74) is 20.4. The molecular formula is C60H40BN3O. The van der Waals surface area contributed by atoms with Crippen molar-refractivity contribution in [2.24, 2.45) is 0 Å². The molecular weight excluding hydrogens is 789 g/mol. The molecule has 0 bridgehead atoms. The standard InChI is InChI=1S/C60H40BN3O/c1-5-16-41(17-6-1)43-28-31-47(32-29-43)63-54-25-15-26-55-60(54)61(52-35-30-44(38-56(52)63)42-18-7-2-8-19-42)53-36-33-49(62(45-20-9-3-10-21-45)46-22-11-4-12-23-46)40-57(53)64(55)48-34-37-59-51(39-48)50-24-13-14-27-58(50)65-59/h1-40H. The third-order valence-electron chi connectivity index (χ3n) is 13.2. The molecule has 0 amide bonds. The maximum absolute atomic E-state index is 6.39. The number of hydrogen-bond acceptors (Lipinski definition) is 4. The molecule has 2 aliphatic heterocycles. The van der Waals surface area contributed by atoms with Crippen LogP contribution in [0, 0.1) is 0 Å². The maximum atomic E-state index is 6.39. The molecule has 4 nitrogen and oxygen atoms in total. The highest BCUT2D eigenvalue weighted by Crippen LogP contribution is 2.47. The summed E-state index contributed by atoms with van der Waals surface area (Å²) >= 11 is 0. The van der Waals surface area contributed by atoms with E-state index in [1.807, 2.05) is 6.07 Å². The van der Waals surface area contributed by atoms with Crippen molar-refractivity contribution < 1.29 is 4.42 Å². The summed E-state index contributed by atoms with van der Waals surface area (Å²) in [6.07, 6.45) is 0. The van der Waals surface area contributed by atoms with Crippen molar-refractivity contribution in [1.29, 1.82) is 0 Å². The quantitative estimate of drug-likeness (QED) is 0.149. The lowest BCUT2D eigenvalue weighted by Gasteiger charge is -2.44. The van der Waals surface area contributed by atoms with Crippen LogP contribution < -0.4 is 31.1 Å². The number of benzene rings is 10. The Balaban J connectivity index is 1.07. The van der Waals surface area contributed by atoms with E-state index in [0.29, 0.717) is 0 Å². The van der Waals surface area contributed by atoms with Crippen molar-refractivity contribution in [3.8, 4) is 22.3 Å². The van der Waals surface area contributed by atoms with Crippen LogP contribution >= 0.6 is 0 Å². The van der Waals surface area contributed by atoms with Crippen LogP contribution in [0.1, 0.15) is 0 Å². The van der Waals surface area contributed by atoms with Gasteiger partial charge in [0, 0.05) is 62.0 Å². The zero-order chi connectivity index (χ0) is 42.8. The van der Waals surface area contributed by atoms with Crippen LogP contribution in [0.25, 0.3) is 44.2 Å². The number of nitrogens with zero attached hydrogens (tertiary/aromatic N) is 3. The Bertz CT molecular complexity index is 3520. The highest BCUT2D eigenvalue weighted by Gasteiger charge is 2.43. The molecule has 65 heavy (non-hydrogen) atoms. The lowest BCUT2D eigenvalue weighted by Crippen LogP contribution is -2.61. The van der Waals surface area contributed by atoms with E-state index in [1.165, 1.54) is 50.0 Å². The molecule has 1 aromatic heterocycles. The number of fused-ring (bicyclic) bond motifs is 7. The number of furan rings is 1. The first-order chi connectivity index (χ1) is 32.2. The second-order valence-corrected chi connectivity index (χ2v) is 16.9. The molecule has 0 fully saturated rings. The van der Waals surface area contributed by atoms with Gasteiger partial charge >= 0.3 is 0 Å². The Hall–Kier alpha value is -8.54. The van der Waals surface area contributed by atoms with Gasteiger partial charge in [0.1, 0.15) is 11.2 Å². The molecule has 0 saturated heterocycles. The molecule has 304 valence electrons. The van der Waals surface area contributed by atoms with Crippen molar-refractivity contribution in [2.45, 2.75) is 0 Å². The topological polar surface area (TPSA) is 22.9 Å². The zero-order valence-corrected chi connectivity index (χ0v) is 35.4. The van der Waals surface area contributed by atoms with Crippen molar-refractivity contribution >= 4 is 96.2 Å². The highest BCUT2D eigenvalue weighted by atomic mass is 16.3. The van der Waals surface area contributed by atoms with Gasteiger partial charge in [0.2, 0.25) is 0 Å². The monoisotopic (exact) mass is 829 g/mol. The largest absolute Gasteiger partial charge is 0.456 e. The van der Waals surface area contributed by atoms with E-state index < -0.39 is 0 Å². The average Bonchev–Trinajstić information content (AvgIpc) is 3.75. The average molecular weight is 830 g/mol. The van der Waals surface area contributed by atoms with Gasteiger partial charge in [-0.05, 0) is 130 Å². The second kappa shape index (κ2) is 15.1. The summed E-state index contributed by atoms with van der Waals surface area (Å²) in [7, 11) is 0. The molecule has 0 N–H and O–H groups in total. The van der Waals surface area contributed by atoms with E-state index in [9.17, 15) is 0 Å². The van der Waals surface area contributed by atoms with Gasteiger partial charge in [-0.25, -0.2) is 0 Å². The number of anilines is 9. The van der Waals surface area contributed by atoms with Gasteiger partial charge in [-0.15, -0.1) is 0 Å². The molecule has 13 rings (SSSR count). The maximum Gasteiger partial charge on any atom is 0.252 e. The Labute approximate surface area is 378 Å². The number of para-hydroxylation sites is 3. The number of rotatable bonds is 7. The van der Waals surface area contributed by atoms with Gasteiger partial charge in [-0.3, -0.25) is 0 Å². The predicted octanol–water partition coefficient (Wildman–Crippen LogP) is 14.5. The first-order valence-electron chi connectivity index (χ1n) is 22.3. The second-order valence-electron chi connectivity index (χ2n) is 16.9. The van der Waals surface area contributed by atoms with E-state index in [2.05, 4.69) is 251 Å². The van der Waals surface area contributed by atoms with E-state index >= 15 is 0 Å². The lowest BCUT2D eigenvalue weighted by atomic mass is 9.33. The zero-order valence-electron chi connectivity index (χ0n) is 35.4. The van der Waals surface area contributed by atoms with Crippen LogP contribution in [0.3, 0.4) is 0 Å². The minimum atomic E-state index is -0.0402. The fourth-order valence-corrected chi connectivity index (χ4v) is 10.3. The SMILES string of the molecule is c1ccc(-c2ccc(N3c4cc(-c5ccccc5)ccc4B4c5ccc(N(c6ccccc6)c6ccccc6)cc5N(c5ccc6oc7ccccc7c6c5)c5cccc3c54)cc2)cc1. The first-order valence-corrected chi connectivity index (χ1v) is 22.3. The normalized spacial score (nSPS) is 12.5. The molecule has 0 atom stereocenters. The summed E-state index contributed by atoms with van der Waals surface area (Å²) in [6, 6.07) is 87.8. The molecule has 11 aromatic rings. The van der Waals surface area contributed by atoms with Gasteiger partial charge in [0.05, 0.1) is 0 Å². The van der Waals surface area contributed by atoms with Crippen molar-refractivity contribution in [2.75, 3.05) is 14.7 Å². The van der Waals surface area contributed by atoms with Crippen LogP contribution in [-0.2, 0) is 0 Å². The van der Waals surface area contributed by atoms with Gasteiger partial charge in [0.15, 0.2) is 0 Å². The van der Waals surface area contributed by atoms with Gasteiger partial charge in [-0.1, -0.05) is 152 Å². The van der Waals surface area contributed by atoms with E-state index in [-0.39, 0.29) is 6.71 Å². The van der Waals surface area contributed by atoms with Crippen molar-refractivity contribution in [1.82, 2.24) is 0 Å². The van der Waals surface area contributed by atoms with Crippen LogP contribution in [0.2, 0.25) is 0 Å². The third-order valence-corrected chi connectivity index (χ3v) is 13.2. The molecule has 10 aromatic carbocycles. The van der Waals surface area contributed by atoms with E-state index in [1.54, 1.807) is 0 Å². The number of hydrogen-bond donors (Lipinski definition) is 0. The smallest absolute Gasteiger partial charge is 0.252 e. The molecule has 0 saturated carbocycles. The lowest BCUT2D eigenvalue weighted by molar-refractivity contribution is 0.669. The Morgan fingerprint density at radius 2 is 0.831 bits per heavy atom. The first kappa shape index (κ1) is 37.1. The summed E-state index contributed by atoms with van der Waals surface area (Å²) in [6.45, 7) is -0.0402. The molecule has 0 spiro atoms. The molecule has 2 aliphatic rings. The molecule has 0 aliphatic carbocycles.